The van der Waals surface area contributed by atoms with Crippen molar-refractivity contribution in [3.63, 3.8) is 0 Å². The van der Waals surface area contributed by atoms with Crippen LogP contribution < -0.4 is 15.4 Å². The minimum atomic E-state index is -0.502. The lowest BCUT2D eigenvalue weighted by Crippen LogP contribution is -2.40. The smallest absolute Gasteiger partial charge is 0.321 e. The lowest BCUT2D eigenvalue weighted by molar-refractivity contribution is -0.119. The molecule has 1 rings (SSSR count). The number of ether oxygens (including phenoxy) is 1. The summed E-state index contributed by atoms with van der Waals surface area (Å²) in [7, 11) is 1.60. The fourth-order valence-corrected chi connectivity index (χ4v) is 1.64. The third kappa shape index (κ3) is 6.10. The predicted octanol–water partition coefficient (Wildman–Crippen LogP) is 1.69. The highest BCUT2D eigenvalue weighted by Crippen LogP contribution is 2.12. The summed E-state index contributed by atoms with van der Waals surface area (Å²) in [5.74, 6) is 0.594. The van der Waals surface area contributed by atoms with Crippen LogP contribution in [0.4, 0.5) is 4.79 Å². The van der Waals surface area contributed by atoms with Crippen LogP contribution in [0.2, 0.25) is 0 Å². The van der Waals surface area contributed by atoms with Crippen LogP contribution in [0.5, 0.6) is 5.75 Å². The van der Waals surface area contributed by atoms with Crippen molar-refractivity contribution in [2.24, 2.45) is 0 Å². The molecule has 0 heterocycles. The number of methoxy groups -OCH3 is 1. The molecule has 0 aromatic heterocycles. The SMILES string of the molecule is COc1cccc(CCNC(=O)NC(=O)CCCl)c1. The van der Waals surface area contributed by atoms with Gasteiger partial charge in [0.25, 0.3) is 0 Å². The molecule has 1 aromatic carbocycles. The van der Waals surface area contributed by atoms with Gasteiger partial charge < -0.3 is 10.1 Å². The van der Waals surface area contributed by atoms with Crippen molar-refractivity contribution in [3.8, 4) is 5.75 Å². The van der Waals surface area contributed by atoms with E-state index in [9.17, 15) is 9.59 Å². The van der Waals surface area contributed by atoms with Crippen molar-refractivity contribution in [2.75, 3.05) is 19.5 Å². The van der Waals surface area contributed by atoms with E-state index in [2.05, 4.69) is 10.6 Å². The second kappa shape index (κ2) is 8.37. The van der Waals surface area contributed by atoms with Crippen molar-refractivity contribution < 1.29 is 14.3 Å². The first kappa shape index (κ1) is 15.3. The van der Waals surface area contributed by atoms with Gasteiger partial charge in [0.05, 0.1) is 7.11 Å². The van der Waals surface area contributed by atoms with E-state index in [0.29, 0.717) is 13.0 Å². The van der Waals surface area contributed by atoms with Crippen molar-refractivity contribution in [1.82, 2.24) is 10.6 Å². The summed E-state index contributed by atoms with van der Waals surface area (Å²) in [5, 5.41) is 4.79. The molecule has 104 valence electrons. The van der Waals surface area contributed by atoms with Gasteiger partial charge >= 0.3 is 6.03 Å². The fourth-order valence-electron chi connectivity index (χ4n) is 1.47. The average molecular weight is 285 g/mol. The zero-order valence-electron chi connectivity index (χ0n) is 10.7. The second-order valence-electron chi connectivity index (χ2n) is 3.84. The maximum absolute atomic E-state index is 11.3. The summed E-state index contributed by atoms with van der Waals surface area (Å²) >= 11 is 5.39. The lowest BCUT2D eigenvalue weighted by atomic mass is 10.1. The van der Waals surface area contributed by atoms with E-state index in [1.165, 1.54) is 0 Å². The molecule has 5 nitrogen and oxygen atoms in total. The van der Waals surface area contributed by atoms with Crippen LogP contribution in [0.1, 0.15) is 12.0 Å². The van der Waals surface area contributed by atoms with E-state index in [0.717, 1.165) is 11.3 Å². The van der Waals surface area contributed by atoms with Crippen LogP contribution in [-0.4, -0.2) is 31.5 Å². The first-order valence-corrected chi connectivity index (χ1v) is 6.45. The van der Waals surface area contributed by atoms with Crippen molar-refractivity contribution in [1.29, 1.82) is 0 Å². The molecule has 0 aliphatic rings. The Hall–Kier alpha value is -1.75. The molecule has 19 heavy (non-hydrogen) atoms. The van der Waals surface area contributed by atoms with Gasteiger partial charge in [-0.25, -0.2) is 4.79 Å². The number of imide groups is 1. The molecule has 0 aliphatic carbocycles. The van der Waals surface area contributed by atoms with Gasteiger partial charge in [-0.15, -0.1) is 11.6 Å². The van der Waals surface area contributed by atoms with Crippen LogP contribution in [0.15, 0.2) is 24.3 Å². The van der Waals surface area contributed by atoms with Crippen LogP contribution in [0.25, 0.3) is 0 Å². The Kier molecular flexibility index (Phi) is 6.74. The summed E-state index contributed by atoms with van der Waals surface area (Å²) < 4.78 is 5.10. The van der Waals surface area contributed by atoms with E-state index in [4.69, 9.17) is 16.3 Å². The van der Waals surface area contributed by atoms with Crippen LogP contribution in [-0.2, 0) is 11.2 Å². The first-order valence-electron chi connectivity index (χ1n) is 5.92. The largest absolute Gasteiger partial charge is 0.497 e. The minimum Gasteiger partial charge on any atom is -0.497 e. The number of halogens is 1. The summed E-state index contributed by atoms with van der Waals surface area (Å²) in [5.41, 5.74) is 1.05. The fraction of sp³-hybridized carbons (Fsp3) is 0.385. The summed E-state index contributed by atoms with van der Waals surface area (Å²) in [6.07, 6.45) is 0.791. The molecule has 3 amide bonds. The Morgan fingerprint density at radius 2 is 2.16 bits per heavy atom. The Morgan fingerprint density at radius 1 is 1.37 bits per heavy atom. The number of benzene rings is 1. The van der Waals surface area contributed by atoms with E-state index in [1.54, 1.807) is 7.11 Å². The zero-order valence-corrected chi connectivity index (χ0v) is 11.5. The van der Waals surface area contributed by atoms with Gasteiger partial charge in [0, 0.05) is 18.8 Å². The molecule has 0 radical (unpaired) electrons. The average Bonchev–Trinajstić information content (AvgIpc) is 2.39. The van der Waals surface area contributed by atoms with E-state index in [-0.39, 0.29) is 18.2 Å². The Bertz CT molecular complexity index is 438. The molecule has 1 aromatic rings. The Morgan fingerprint density at radius 3 is 2.84 bits per heavy atom. The molecule has 0 bridgehead atoms. The standard InChI is InChI=1S/C13H17ClN2O3/c1-19-11-4-2-3-10(9-11)6-8-15-13(18)16-12(17)5-7-14/h2-4,9H,5-8H2,1H3,(H2,15,16,17,18). The number of amides is 3. The van der Waals surface area contributed by atoms with E-state index < -0.39 is 6.03 Å². The number of nitrogens with one attached hydrogen (secondary N) is 2. The van der Waals surface area contributed by atoms with Gasteiger partial charge in [-0.3, -0.25) is 10.1 Å². The molecule has 0 aliphatic heterocycles. The van der Waals surface area contributed by atoms with E-state index in [1.807, 2.05) is 24.3 Å². The normalized spacial score (nSPS) is 9.79. The van der Waals surface area contributed by atoms with Gasteiger partial charge in [0.15, 0.2) is 0 Å². The molecule has 0 spiro atoms. The summed E-state index contributed by atoms with van der Waals surface area (Å²) in [6, 6.07) is 7.09. The molecule has 0 saturated carbocycles. The molecular weight excluding hydrogens is 268 g/mol. The van der Waals surface area contributed by atoms with Crippen molar-refractivity contribution >= 4 is 23.5 Å². The third-order valence-corrected chi connectivity index (χ3v) is 2.60. The summed E-state index contributed by atoms with van der Waals surface area (Å²) in [4.78, 5) is 22.4. The van der Waals surface area contributed by atoms with Gasteiger partial charge in [-0.05, 0) is 24.1 Å². The Balaban J connectivity index is 2.29. The highest BCUT2D eigenvalue weighted by molar-refractivity contribution is 6.19. The van der Waals surface area contributed by atoms with Crippen LogP contribution >= 0.6 is 11.6 Å². The molecule has 0 fully saturated rings. The molecule has 0 unspecified atom stereocenters. The molecular formula is C13H17ClN2O3. The minimum absolute atomic E-state index is 0.130. The number of carbonyl (C=O) groups is 2. The third-order valence-electron chi connectivity index (χ3n) is 2.41. The van der Waals surface area contributed by atoms with Crippen LogP contribution in [0, 0.1) is 0 Å². The summed E-state index contributed by atoms with van der Waals surface area (Å²) in [6.45, 7) is 0.438. The van der Waals surface area contributed by atoms with Crippen molar-refractivity contribution in [3.05, 3.63) is 29.8 Å². The van der Waals surface area contributed by atoms with Crippen LogP contribution in [0.3, 0.4) is 0 Å². The second-order valence-corrected chi connectivity index (χ2v) is 4.22. The lowest BCUT2D eigenvalue weighted by Gasteiger charge is -2.07. The van der Waals surface area contributed by atoms with Gasteiger partial charge in [-0.1, -0.05) is 12.1 Å². The van der Waals surface area contributed by atoms with Gasteiger partial charge in [0.2, 0.25) is 5.91 Å². The number of urea groups is 1. The van der Waals surface area contributed by atoms with Gasteiger partial charge in [-0.2, -0.15) is 0 Å². The highest BCUT2D eigenvalue weighted by atomic mass is 35.5. The quantitative estimate of drug-likeness (QED) is 0.781. The van der Waals surface area contributed by atoms with Crippen molar-refractivity contribution in [2.45, 2.75) is 12.8 Å². The maximum Gasteiger partial charge on any atom is 0.321 e. The van der Waals surface area contributed by atoms with E-state index >= 15 is 0 Å². The number of carbonyl (C=O) groups excluding carboxylic acids is 2. The number of hydrogen-bond donors (Lipinski definition) is 2. The van der Waals surface area contributed by atoms with Gasteiger partial charge in [0.1, 0.15) is 5.75 Å². The molecule has 6 heteroatoms. The molecule has 2 N–H and O–H groups in total. The number of rotatable bonds is 6. The zero-order chi connectivity index (χ0) is 14.1. The number of alkyl halides is 1. The maximum atomic E-state index is 11.3. The number of hydrogen-bond acceptors (Lipinski definition) is 3. The monoisotopic (exact) mass is 284 g/mol. The molecule has 0 saturated heterocycles. The Labute approximate surface area is 117 Å². The topological polar surface area (TPSA) is 67.4 Å². The highest BCUT2D eigenvalue weighted by Gasteiger charge is 2.06. The predicted molar refractivity (Wildman–Crippen MR) is 73.6 cm³/mol. The molecule has 0 atom stereocenters. The first-order chi connectivity index (χ1) is 9.15.